The Morgan fingerprint density at radius 1 is 1.30 bits per heavy atom. The fourth-order valence-corrected chi connectivity index (χ4v) is 3.58. The molecule has 0 spiro atoms. The first-order chi connectivity index (χ1) is 10.8. The molecule has 1 aromatic heterocycles. The lowest BCUT2D eigenvalue weighted by Gasteiger charge is -2.11. The Hall–Kier alpha value is -1.89. The molecular formula is C16H18F2N2O2S. The van der Waals surface area contributed by atoms with Gasteiger partial charge in [-0.1, -0.05) is 25.6 Å². The van der Waals surface area contributed by atoms with Crippen LogP contribution in [-0.4, -0.2) is 20.6 Å². The average Bonchev–Trinajstić information content (AvgIpc) is 2.74. The summed E-state index contributed by atoms with van der Waals surface area (Å²) in [5.41, 5.74) is 0.734. The second-order valence-electron chi connectivity index (χ2n) is 5.40. The van der Waals surface area contributed by atoms with Crippen LogP contribution in [0.3, 0.4) is 0 Å². The molecule has 0 saturated heterocycles. The Labute approximate surface area is 137 Å². The van der Waals surface area contributed by atoms with Gasteiger partial charge in [0, 0.05) is 17.5 Å². The SMILES string of the molecule is CCn1c(CC(=O)O)nc(C(C)C)c1Sc1cc(F)cc(F)c1. The summed E-state index contributed by atoms with van der Waals surface area (Å²) in [6.45, 7) is 6.31. The zero-order chi connectivity index (χ0) is 17.1. The number of nitrogens with zero attached hydrogens (tertiary/aromatic N) is 2. The smallest absolute Gasteiger partial charge is 0.311 e. The highest BCUT2D eigenvalue weighted by Gasteiger charge is 2.21. The van der Waals surface area contributed by atoms with Crippen LogP contribution in [0.15, 0.2) is 28.1 Å². The van der Waals surface area contributed by atoms with Gasteiger partial charge in [0.2, 0.25) is 0 Å². The molecule has 124 valence electrons. The number of rotatable bonds is 6. The summed E-state index contributed by atoms with van der Waals surface area (Å²) in [7, 11) is 0. The molecule has 0 aliphatic carbocycles. The maximum absolute atomic E-state index is 13.4. The molecule has 0 bridgehead atoms. The molecule has 4 nitrogen and oxygen atoms in total. The first-order valence-corrected chi connectivity index (χ1v) is 8.08. The van der Waals surface area contributed by atoms with Crippen LogP contribution in [0, 0.1) is 11.6 Å². The summed E-state index contributed by atoms with van der Waals surface area (Å²) < 4.78 is 28.6. The van der Waals surface area contributed by atoms with Crippen LogP contribution in [0.5, 0.6) is 0 Å². The third-order valence-corrected chi connectivity index (χ3v) is 4.34. The van der Waals surface area contributed by atoms with Crippen molar-refractivity contribution in [1.82, 2.24) is 9.55 Å². The first kappa shape index (κ1) is 17.5. The highest BCUT2D eigenvalue weighted by molar-refractivity contribution is 7.99. The summed E-state index contributed by atoms with van der Waals surface area (Å²) in [6, 6.07) is 3.32. The van der Waals surface area contributed by atoms with Crippen molar-refractivity contribution in [2.75, 3.05) is 0 Å². The lowest BCUT2D eigenvalue weighted by molar-refractivity contribution is -0.136. The molecule has 0 aliphatic rings. The van der Waals surface area contributed by atoms with E-state index in [1.807, 2.05) is 20.8 Å². The molecule has 0 atom stereocenters. The van der Waals surface area contributed by atoms with Gasteiger partial charge >= 0.3 is 5.97 Å². The monoisotopic (exact) mass is 340 g/mol. The van der Waals surface area contributed by atoms with E-state index in [4.69, 9.17) is 5.11 Å². The van der Waals surface area contributed by atoms with Crippen molar-refractivity contribution in [2.24, 2.45) is 0 Å². The number of imidazole rings is 1. The van der Waals surface area contributed by atoms with Crippen molar-refractivity contribution in [1.29, 1.82) is 0 Å². The van der Waals surface area contributed by atoms with Gasteiger partial charge in [-0.15, -0.1) is 0 Å². The number of hydrogen-bond acceptors (Lipinski definition) is 3. The fraction of sp³-hybridized carbons (Fsp3) is 0.375. The van der Waals surface area contributed by atoms with Crippen molar-refractivity contribution in [3.63, 3.8) is 0 Å². The minimum Gasteiger partial charge on any atom is -0.481 e. The minimum atomic E-state index is -0.964. The van der Waals surface area contributed by atoms with Crippen molar-refractivity contribution in [2.45, 2.75) is 49.6 Å². The number of halogens is 2. The van der Waals surface area contributed by atoms with E-state index in [1.165, 1.54) is 23.9 Å². The molecule has 0 unspecified atom stereocenters. The summed E-state index contributed by atoms with van der Waals surface area (Å²) >= 11 is 1.20. The van der Waals surface area contributed by atoms with Crippen molar-refractivity contribution >= 4 is 17.7 Å². The van der Waals surface area contributed by atoms with Gasteiger partial charge in [0.1, 0.15) is 28.9 Å². The van der Waals surface area contributed by atoms with Gasteiger partial charge < -0.3 is 9.67 Å². The quantitative estimate of drug-likeness (QED) is 0.861. The largest absolute Gasteiger partial charge is 0.481 e. The molecule has 1 N–H and O–H groups in total. The van der Waals surface area contributed by atoms with E-state index in [0.717, 1.165) is 16.8 Å². The number of aromatic nitrogens is 2. The summed E-state index contributed by atoms with van der Waals surface area (Å²) in [5.74, 6) is -1.74. The van der Waals surface area contributed by atoms with E-state index in [1.54, 1.807) is 4.57 Å². The highest BCUT2D eigenvalue weighted by Crippen LogP contribution is 2.35. The van der Waals surface area contributed by atoms with Crippen LogP contribution in [0.1, 0.15) is 38.2 Å². The second-order valence-corrected chi connectivity index (χ2v) is 6.46. The van der Waals surface area contributed by atoms with Gasteiger partial charge in [0.15, 0.2) is 0 Å². The normalized spacial score (nSPS) is 11.2. The predicted molar refractivity (Wildman–Crippen MR) is 83.8 cm³/mol. The van der Waals surface area contributed by atoms with Gasteiger partial charge in [-0.25, -0.2) is 13.8 Å². The molecule has 2 aromatic rings. The minimum absolute atomic E-state index is 0.0660. The third-order valence-electron chi connectivity index (χ3n) is 3.25. The Balaban J connectivity index is 2.50. The maximum atomic E-state index is 13.4. The topological polar surface area (TPSA) is 55.1 Å². The van der Waals surface area contributed by atoms with Gasteiger partial charge in [-0.2, -0.15) is 0 Å². The molecule has 0 amide bonds. The van der Waals surface area contributed by atoms with E-state index in [0.29, 0.717) is 17.3 Å². The van der Waals surface area contributed by atoms with E-state index < -0.39 is 17.6 Å². The Kier molecular flexibility index (Phi) is 5.41. The van der Waals surface area contributed by atoms with Crippen LogP contribution in [0.2, 0.25) is 0 Å². The molecule has 0 aliphatic heterocycles. The molecule has 1 aromatic carbocycles. The van der Waals surface area contributed by atoms with Crippen LogP contribution < -0.4 is 0 Å². The molecule has 0 radical (unpaired) electrons. The zero-order valence-electron chi connectivity index (χ0n) is 13.1. The highest BCUT2D eigenvalue weighted by atomic mass is 32.2. The van der Waals surface area contributed by atoms with E-state index in [9.17, 15) is 13.6 Å². The molecular weight excluding hydrogens is 322 g/mol. The van der Waals surface area contributed by atoms with Crippen LogP contribution >= 0.6 is 11.8 Å². The molecule has 1 heterocycles. The number of carbonyl (C=O) groups is 1. The summed E-state index contributed by atoms with van der Waals surface area (Å²) in [4.78, 5) is 15.9. The first-order valence-electron chi connectivity index (χ1n) is 7.26. The number of benzene rings is 1. The van der Waals surface area contributed by atoms with Crippen LogP contribution in [-0.2, 0) is 17.8 Å². The van der Waals surface area contributed by atoms with Gasteiger partial charge in [0.25, 0.3) is 0 Å². The van der Waals surface area contributed by atoms with Crippen molar-refractivity contribution < 1.29 is 18.7 Å². The fourth-order valence-electron chi connectivity index (χ4n) is 2.28. The zero-order valence-corrected chi connectivity index (χ0v) is 14.0. The Morgan fingerprint density at radius 2 is 1.91 bits per heavy atom. The van der Waals surface area contributed by atoms with Crippen LogP contribution in [0.25, 0.3) is 0 Å². The van der Waals surface area contributed by atoms with Gasteiger partial charge in [-0.3, -0.25) is 4.79 Å². The predicted octanol–water partition coefficient (Wildman–Crippen LogP) is 4.08. The van der Waals surface area contributed by atoms with E-state index in [2.05, 4.69) is 4.98 Å². The molecule has 7 heteroatoms. The molecule has 2 rings (SSSR count). The van der Waals surface area contributed by atoms with Crippen molar-refractivity contribution in [3.8, 4) is 0 Å². The summed E-state index contributed by atoms with van der Waals surface area (Å²) in [6.07, 6.45) is -0.189. The Morgan fingerprint density at radius 3 is 2.39 bits per heavy atom. The maximum Gasteiger partial charge on any atom is 0.311 e. The van der Waals surface area contributed by atoms with E-state index in [-0.39, 0.29) is 12.3 Å². The van der Waals surface area contributed by atoms with Gasteiger partial charge in [0.05, 0.1) is 5.69 Å². The van der Waals surface area contributed by atoms with Crippen LogP contribution in [0.4, 0.5) is 8.78 Å². The third kappa shape index (κ3) is 4.10. The molecule has 23 heavy (non-hydrogen) atoms. The Bertz CT molecular complexity index is 709. The summed E-state index contributed by atoms with van der Waals surface area (Å²) in [5, 5.41) is 9.75. The second kappa shape index (κ2) is 7.12. The number of carboxylic acid groups (broad SMARTS) is 1. The lowest BCUT2D eigenvalue weighted by Crippen LogP contribution is -2.09. The van der Waals surface area contributed by atoms with E-state index >= 15 is 0 Å². The standard InChI is InChI=1S/C16H18F2N2O2S/c1-4-20-13(8-14(21)22)19-15(9(2)3)16(20)23-12-6-10(17)5-11(18)7-12/h5-7,9H,4,8H2,1-3H3,(H,21,22). The lowest BCUT2D eigenvalue weighted by atomic mass is 10.1. The number of carboxylic acids is 1. The number of hydrogen-bond donors (Lipinski definition) is 1. The average molecular weight is 340 g/mol. The van der Waals surface area contributed by atoms with Crippen molar-refractivity contribution in [3.05, 3.63) is 41.4 Å². The molecule has 0 saturated carbocycles. The number of aliphatic carboxylic acids is 1. The van der Waals surface area contributed by atoms with Gasteiger partial charge in [-0.05, 0) is 25.0 Å². The molecule has 0 fully saturated rings.